The molecule has 2 aromatic heterocycles. The molecule has 1 aliphatic carbocycles. The molecular weight excluding hydrogens is 345 g/mol. The van der Waals surface area contributed by atoms with Crippen molar-refractivity contribution in [3.63, 3.8) is 0 Å². The molecule has 0 radical (unpaired) electrons. The molecule has 4 atom stereocenters. The SMILES string of the molecule is Nc1nc(OC2CCCC2)nc2c1ncn2[C@@H]1O[C@H](CF)[C@@H](O)[C@H]1CO. The lowest BCUT2D eigenvalue weighted by Gasteiger charge is -2.19. The number of aliphatic hydroxyl groups is 2. The highest BCUT2D eigenvalue weighted by atomic mass is 19.1. The third kappa shape index (κ3) is 2.87. The third-order valence-corrected chi connectivity index (χ3v) is 5.14. The molecule has 0 aromatic carbocycles. The van der Waals surface area contributed by atoms with Crippen LogP contribution in [0.1, 0.15) is 31.9 Å². The van der Waals surface area contributed by atoms with Crippen LogP contribution in [0.3, 0.4) is 0 Å². The van der Waals surface area contributed by atoms with Crippen LogP contribution in [0.4, 0.5) is 10.2 Å². The van der Waals surface area contributed by atoms with E-state index < -0.39 is 31.0 Å². The summed E-state index contributed by atoms with van der Waals surface area (Å²) in [6.45, 7) is -1.22. The smallest absolute Gasteiger partial charge is 0.320 e. The maximum Gasteiger partial charge on any atom is 0.320 e. The van der Waals surface area contributed by atoms with Gasteiger partial charge in [-0.25, -0.2) is 9.37 Å². The number of halogens is 1. The molecule has 2 aromatic rings. The van der Waals surface area contributed by atoms with Crippen molar-refractivity contribution in [2.45, 2.75) is 50.2 Å². The van der Waals surface area contributed by atoms with Gasteiger partial charge in [0.05, 0.1) is 25.0 Å². The van der Waals surface area contributed by atoms with Gasteiger partial charge in [-0.2, -0.15) is 9.97 Å². The molecular formula is C16H22FN5O4. The Morgan fingerprint density at radius 2 is 2.12 bits per heavy atom. The van der Waals surface area contributed by atoms with Gasteiger partial charge in [0.2, 0.25) is 0 Å². The molecule has 0 unspecified atom stereocenters. The second kappa shape index (κ2) is 6.93. The summed E-state index contributed by atoms with van der Waals surface area (Å²) in [5.74, 6) is -0.536. The fourth-order valence-electron chi connectivity index (χ4n) is 3.71. The average molecular weight is 367 g/mol. The van der Waals surface area contributed by atoms with Crippen molar-refractivity contribution < 1.29 is 24.1 Å². The highest BCUT2D eigenvalue weighted by Crippen LogP contribution is 2.37. The van der Waals surface area contributed by atoms with E-state index in [1.54, 1.807) is 0 Å². The third-order valence-electron chi connectivity index (χ3n) is 5.14. The van der Waals surface area contributed by atoms with Crippen molar-refractivity contribution in [1.82, 2.24) is 19.5 Å². The van der Waals surface area contributed by atoms with Crippen LogP contribution in [-0.4, -0.2) is 61.3 Å². The van der Waals surface area contributed by atoms with Crippen molar-refractivity contribution in [3.05, 3.63) is 6.33 Å². The van der Waals surface area contributed by atoms with Crippen LogP contribution >= 0.6 is 0 Å². The zero-order chi connectivity index (χ0) is 18.3. The molecule has 0 bridgehead atoms. The summed E-state index contributed by atoms with van der Waals surface area (Å²) >= 11 is 0. The quantitative estimate of drug-likeness (QED) is 0.699. The lowest BCUT2D eigenvalue weighted by atomic mass is 10.0. The lowest BCUT2D eigenvalue weighted by Crippen LogP contribution is -2.30. The summed E-state index contributed by atoms with van der Waals surface area (Å²) in [6, 6.07) is 0.157. The number of alkyl halides is 1. The number of fused-ring (bicyclic) bond motifs is 1. The number of rotatable bonds is 5. The zero-order valence-electron chi connectivity index (χ0n) is 14.2. The Labute approximate surface area is 149 Å². The number of aromatic nitrogens is 4. The first kappa shape index (κ1) is 17.4. The number of ether oxygens (including phenoxy) is 2. The van der Waals surface area contributed by atoms with Gasteiger partial charge in [0.25, 0.3) is 0 Å². The second-order valence-corrected chi connectivity index (χ2v) is 6.80. The van der Waals surface area contributed by atoms with Gasteiger partial charge in [0, 0.05) is 0 Å². The largest absolute Gasteiger partial charge is 0.460 e. The summed E-state index contributed by atoms with van der Waals surface area (Å²) < 4.78 is 26.0. The normalized spacial score (nSPS) is 29.7. The van der Waals surface area contributed by atoms with Gasteiger partial charge in [-0.1, -0.05) is 0 Å². The van der Waals surface area contributed by atoms with Gasteiger partial charge in [-0.05, 0) is 25.7 Å². The molecule has 4 rings (SSSR count). The van der Waals surface area contributed by atoms with E-state index in [1.807, 2.05) is 0 Å². The van der Waals surface area contributed by atoms with E-state index in [-0.39, 0.29) is 24.5 Å². The van der Waals surface area contributed by atoms with Gasteiger partial charge in [0.1, 0.15) is 25.1 Å². The van der Waals surface area contributed by atoms with Gasteiger partial charge >= 0.3 is 6.01 Å². The van der Waals surface area contributed by atoms with Crippen molar-refractivity contribution >= 4 is 17.0 Å². The Balaban J connectivity index is 1.70. The van der Waals surface area contributed by atoms with Crippen LogP contribution in [0.15, 0.2) is 6.33 Å². The van der Waals surface area contributed by atoms with Crippen molar-refractivity contribution in [3.8, 4) is 6.01 Å². The van der Waals surface area contributed by atoms with Crippen molar-refractivity contribution in [2.24, 2.45) is 5.92 Å². The van der Waals surface area contributed by atoms with E-state index in [0.29, 0.717) is 11.2 Å². The van der Waals surface area contributed by atoms with Crippen LogP contribution in [-0.2, 0) is 4.74 Å². The van der Waals surface area contributed by atoms with E-state index in [9.17, 15) is 14.6 Å². The summed E-state index contributed by atoms with van der Waals surface area (Å²) in [5.41, 5.74) is 6.71. The summed E-state index contributed by atoms with van der Waals surface area (Å²) in [7, 11) is 0. The van der Waals surface area contributed by atoms with E-state index in [4.69, 9.17) is 15.2 Å². The Morgan fingerprint density at radius 1 is 1.35 bits per heavy atom. The number of hydrogen-bond donors (Lipinski definition) is 3. The minimum absolute atomic E-state index is 0.0638. The summed E-state index contributed by atoms with van der Waals surface area (Å²) in [5, 5.41) is 19.8. The minimum Gasteiger partial charge on any atom is -0.460 e. The molecule has 1 saturated heterocycles. The zero-order valence-corrected chi connectivity index (χ0v) is 14.2. The molecule has 1 aliphatic heterocycles. The molecule has 2 aliphatic rings. The first-order valence-electron chi connectivity index (χ1n) is 8.79. The highest BCUT2D eigenvalue weighted by molar-refractivity contribution is 5.82. The first-order valence-corrected chi connectivity index (χ1v) is 8.79. The fourth-order valence-corrected chi connectivity index (χ4v) is 3.71. The topological polar surface area (TPSA) is 129 Å². The summed E-state index contributed by atoms with van der Waals surface area (Å²) in [6.07, 6.45) is 2.67. The maximum absolute atomic E-state index is 13.1. The van der Waals surface area contributed by atoms with E-state index >= 15 is 0 Å². The molecule has 9 nitrogen and oxygen atoms in total. The van der Waals surface area contributed by atoms with Gasteiger partial charge in [-0.15, -0.1) is 0 Å². The number of aliphatic hydroxyl groups excluding tert-OH is 2. The van der Waals surface area contributed by atoms with E-state index in [0.717, 1.165) is 25.7 Å². The molecule has 3 heterocycles. The molecule has 1 saturated carbocycles. The highest BCUT2D eigenvalue weighted by Gasteiger charge is 2.45. The van der Waals surface area contributed by atoms with Gasteiger partial charge in [0.15, 0.2) is 17.0 Å². The maximum atomic E-state index is 13.1. The van der Waals surface area contributed by atoms with Gasteiger partial charge < -0.3 is 25.4 Å². The number of hydrogen-bond acceptors (Lipinski definition) is 8. The van der Waals surface area contributed by atoms with Crippen molar-refractivity contribution in [2.75, 3.05) is 19.0 Å². The number of nitrogen functional groups attached to an aromatic ring is 1. The molecule has 26 heavy (non-hydrogen) atoms. The molecule has 0 amide bonds. The Bertz CT molecular complexity index is 781. The van der Waals surface area contributed by atoms with E-state index in [1.165, 1.54) is 10.9 Å². The number of nitrogens with two attached hydrogens (primary N) is 1. The van der Waals surface area contributed by atoms with Crippen molar-refractivity contribution in [1.29, 1.82) is 0 Å². The predicted molar refractivity (Wildman–Crippen MR) is 89.1 cm³/mol. The molecule has 10 heteroatoms. The lowest BCUT2D eigenvalue weighted by molar-refractivity contribution is -0.0328. The standard InChI is InChI=1S/C16H22FN5O4/c17-5-10-12(24)9(6-23)15(26-10)22-7-19-11-13(18)20-16(21-14(11)22)25-8-3-1-2-4-8/h7-10,12,15,23-24H,1-6H2,(H2,18,20,21)/t9-,10-,12+,15-/m1/s1. The molecule has 142 valence electrons. The van der Waals surface area contributed by atoms with Gasteiger partial charge in [-0.3, -0.25) is 4.57 Å². The number of anilines is 1. The minimum atomic E-state index is -1.12. The molecule has 4 N–H and O–H groups in total. The average Bonchev–Trinajstić information content (AvgIpc) is 3.33. The second-order valence-electron chi connectivity index (χ2n) is 6.80. The first-order chi connectivity index (χ1) is 12.6. The van der Waals surface area contributed by atoms with Crippen LogP contribution in [0, 0.1) is 5.92 Å². The monoisotopic (exact) mass is 367 g/mol. The Hall–Kier alpha value is -2.04. The number of nitrogens with zero attached hydrogens (tertiary/aromatic N) is 4. The van der Waals surface area contributed by atoms with Crippen LogP contribution in [0.5, 0.6) is 6.01 Å². The van der Waals surface area contributed by atoms with Crippen LogP contribution in [0.2, 0.25) is 0 Å². The fraction of sp³-hybridized carbons (Fsp3) is 0.688. The Morgan fingerprint density at radius 3 is 2.81 bits per heavy atom. The molecule has 2 fully saturated rings. The Kier molecular flexibility index (Phi) is 4.63. The predicted octanol–water partition coefficient (Wildman–Crippen LogP) is 0.566. The van der Waals surface area contributed by atoms with Crippen LogP contribution < -0.4 is 10.5 Å². The van der Waals surface area contributed by atoms with E-state index in [2.05, 4.69) is 15.0 Å². The summed E-state index contributed by atoms with van der Waals surface area (Å²) in [4.78, 5) is 12.8. The number of imidazole rings is 1. The molecule has 0 spiro atoms. The van der Waals surface area contributed by atoms with Crippen LogP contribution in [0.25, 0.3) is 11.2 Å².